The monoisotopic (exact) mass is 420 g/mol. The average Bonchev–Trinajstić information content (AvgIpc) is 3.10. The highest BCUT2D eigenvalue weighted by atomic mass is 32.2. The van der Waals surface area contributed by atoms with Crippen LogP contribution in [0.15, 0.2) is 17.8 Å². The van der Waals surface area contributed by atoms with Crippen molar-refractivity contribution in [2.45, 2.75) is 50.7 Å². The Morgan fingerprint density at radius 1 is 1.32 bits per heavy atom. The Morgan fingerprint density at radius 3 is 2.86 bits per heavy atom. The summed E-state index contributed by atoms with van der Waals surface area (Å²) < 4.78 is 6.88. The Balaban J connectivity index is 1.73. The van der Waals surface area contributed by atoms with Gasteiger partial charge >= 0.3 is 5.97 Å². The second-order valence-corrected chi connectivity index (χ2v) is 8.57. The summed E-state index contributed by atoms with van der Waals surface area (Å²) in [5, 5.41) is 12.3. The number of ether oxygens (including phenoxy) is 1. The van der Waals surface area contributed by atoms with Crippen LogP contribution in [-0.4, -0.2) is 39.5 Å². The Bertz CT molecular complexity index is 888. The van der Waals surface area contributed by atoms with Gasteiger partial charge < -0.3 is 14.6 Å². The first kappa shape index (κ1) is 20.6. The number of nitrogens with zero attached hydrogens (tertiary/aromatic N) is 3. The maximum atomic E-state index is 12.6. The van der Waals surface area contributed by atoms with Crippen molar-refractivity contribution in [2.75, 3.05) is 18.2 Å². The van der Waals surface area contributed by atoms with Crippen molar-refractivity contribution in [1.82, 2.24) is 14.8 Å². The summed E-state index contributed by atoms with van der Waals surface area (Å²) in [6.07, 6.45) is 6.88. The lowest BCUT2D eigenvalue weighted by Crippen LogP contribution is -2.16. The number of thioether (sulfide) groups is 1. The standard InChI is InChI=1S/C19H24N4O3S2/c1-4-10-23-12(2)21-22-19(23)27-11-15(24)20-17-16(18(25)26-3)13-8-6-5-7-9-14(13)28-17/h4H,1,5-11H2,2-3H3,(H,20,24). The van der Waals surface area contributed by atoms with E-state index in [0.29, 0.717) is 22.3 Å². The third-order valence-corrected chi connectivity index (χ3v) is 6.78. The number of hydrogen-bond acceptors (Lipinski definition) is 7. The van der Waals surface area contributed by atoms with E-state index in [9.17, 15) is 9.59 Å². The number of methoxy groups -OCH3 is 1. The molecular formula is C19H24N4O3S2. The number of thiophene rings is 1. The summed E-state index contributed by atoms with van der Waals surface area (Å²) in [6, 6.07) is 0. The largest absolute Gasteiger partial charge is 0.465 e. The molecule has 2 aromatic heterocycles. The molecule has 0 aromatic carbocycles. The third-order valence-electron chi connectivity index (χ3n) is 4.61. The van der Waals surface area contributed by atoms with Gasteiger partial charge in [0, 0.05) is 11.4 Å². The van der Waals surface area contributed by atoms with Gasteiger partial charge in [0.05, 0.1) is 18.4 Å². The Hall–Kier alpha value is -2.13. The fraction of sp³-hybridized carbons (Fsp3) is 0.474. The summed E-state index contributed by atoms with van der Waals surface area (Å²) in [6.45, 7) is 6.19. The molecule has 1 aliphatic carbocycles. The second kappa shape index (κ2) is 9.38. The molecule has 0 saturated heterocycles. The minimum absolute atomic E-state index is 0.179. The molecule has 1 amide bonds. The highest BCUT2D eigenvalue weighted by Gasteiger charge is 2.26. The molecule has 3 rings (SSSR count). The van der Waals surface area contributed by atoms with Crippen LogP contribution >= 0.6 is 23.1 Å². The molecule has 0 fully saturated rings. The van der Waals surface area contributed by atoms with Crippen LogP contribution in [0, 0.1) is 6.92 Å². The molecule has 28 heavy (non-hydrogen) atoms. The highest BCUT2D eigenvalue weighted by Crippen LogP contribution is 2.38. The first-order chi connectivity index (χ1) is 13.5. The van der Waals surface area contributed by atoms with E-state index in [1.165, 1.54) is 35.1 Å². The summed E-state index contributed by atoms with van der Waals surface area (Å²) in [5.74, 6) is 0.386. The second-order valence-electron chi connectivity index (χ2n) is 6.53. The van der Waals surface area contributed by atoms with Crippen LogP contribution in [0.2, 0.25) is 0 Å². The number of nitrogens with one attached hydrogen (secondary N) is 1. The molecule has 9 heteroatoms. The van der Waals surface area contributed by atoms with Gasteiger partial charge in [-0.2, -0.15) is 0 Å². The maximum Gasteiger partial charge on any atom is 0.341 e. The zero-order valence-electron chi connectivity index (χ0n) is 16.1. The Morgan fingerprint density at radius 2 is 2.11 bits per heavy atom. The minimum atomic E-state index is -0.385. The lowest BCUT2D eigenvalue weighted by atomic mass is 10.1. The predicted molar refractivity (Wildman–Crippen MR) is 111 cm³/mol. The van der Waals surface area contributed by atoms with Crippen molar-refractivity contribution in [3.63, 3.8) is 0 Å². The fourth-order valence-electron chi connectivity index (χ4n) is 3.25. The normalized spacial score (nSPS) is 13.5. The number of carbonyl (C=O) groups is 2. The molecule has 0 atom stereocenters. The van der Waals surface area contributed by atoms with Crippen LogP contribution in [0.25, 0.3) is 0 Å². The molecule has 2 heterocycles. The predicted octanol–water partition coefficient (Wildman–Crippen LogP) is 3.62. The number of esters is 1. The van der Waals surface area contributed by atoms with Crippen molar-refractivity contribution >= 4 is 40.0 Å². The molecule has 0 radical (unpaired) electrons. The van der Waals surface area contributed by atoms with E-state index >= 15 is 0 Å². The first-order valence-corrected chi connectivity index (χ1v) is 11.0. The highest BCUT2D eigenvalue weighted by molar-refractivity contribution is 7.99. The van der Waals surface area contributed by atoms with Gasteiger partial charge in [-0.3, -0.25) is 4.79 Å². The van der Waals surface area contributed by atoms with Crippen LogP contribution in [0.1, 0.15) is 45.9 Å². The molecule has 1 aliphatic rings. The van der Waals surface area contributed by atoms with Gasteiger partial charge in [0.1, 0.15) is 10.8 Å². The molecule has 0 unspecified atom stereocenters. The minimum Gasteiger partial charge on any atom is -0.465 e. The molecule has 1 N–H and O–H groups in total. The van der Waals surface area contributed by atoms with E-state index < -0.39 is 0 Å². The number of aromatic nitrogens is 3. The third kappa shape index (κ3) is 4.47. The number of aryl methyl sites for hydroxylation is 2. The van der Waals surface area contributed by atoms with Crippen LogP contribution in [-0.2, 0) is 28.9 Å². The molecule has 150 valence electrons. The summed E-state index contributed by atoms with van der Waals surface area (Å²) in [4.78, 5) is 26.1. The number of rotatable bonds is 7. The van der Waals surface area contributed by atoms with Crippen molar-refractivity contribution < 1.29 is 14.3 Å². The van der Waals surface area contributed by atoms with Crippen LogP contribution in [0.5, 0.6) is 0 Å². The van der Waals surface area contributed by atoms with Gasteiger partial charge in [-0.25, -0.2) is 4.79 Å². The average molecular weight is 421 g/mol. The fourth-order valence-corrected chi connectivity index (χ4v) is 5.34. The van der Waals surface area contributed by atoms with Gasteiger partial charge in [0.15, 0.2) is 5.16 Å². The van der Waals surface area contributed by atoms with E-state index in [1.54, 1.807) is 6.08 Å². The van der Waals surface area contributed by atoms with Crippen molar-refractivity contribution in [2.24, 2.45) is 0 Å². The maximum absolute atomic E-state index is 12.6. The molecule has 0 spiro atoms. The van der Waals surface area contributed by atoms with E-state index in [1.807, 2.05) is 11.5 Å². The van der Waals surface area contributed by atoms with Crippen LogP contribution in [0.3, 0.4) is 0 Å². The molecular weight excluding hydrogens is 396 g/mol. The van der Waals surface area contributed by atoms with Gasteiger partial charge in [-0.05, 0) is 38.2 Å². The number of amides is 1. The van der Waals surface area contributed by atoms with Crippen molar-refractivity contribution in [3.05, 3.63) is 34.5 Å². The Labute approximate surface area is 172 Å². The van der Waals surface area contributed by atoms with Gasteiger partial charge in [0.2, 0.25) is 5.91 Å². The van der Waals surface area contributed by atoms with E-state index in [0.717, 1.165) is 43.5 Å². The van der Waals surface area contributed by atoms with E-state index in [-0.39, 0.29) is 17.6 Å². The topological polar surface area (TPSA) is 86.1 Å². The number of allylic oxidation sites excluding steroid dienone is 1. The molecule has 0 saturated carbocycles. The number of fused-ring (bicyclic) bond motifs is 1. The van der Waals surface area contributed by atoms with Crippen LogP contribution < -0.4 is 5.32 Å². The quantitative estimate of drug-likeness (QED) is 0.319. The lowest BCUT2D eigenvalue weighted by Gasteiger charge is -2.08. The molecule has 2 aromatic rings. The molecule has 0 bridgehead atoms. The zero-order chi connectivity index (χ0) is 20.1. The van der Waals surface area contributed by atoms with E-state index in [2.05, 4.69) is 22.1 Å². The summed E-state index contributed by atoms with van der Waals surface area (Å²) in [5.41, 5.74) is 1.56. The smallest absolute Gasteiger partial charge is 0.341 e. The number of hydrogen-bond donors (Lipinski definition) is 1. The molecule has 7 nitrogen and oxygen atoms in total. The molecule has 0 aliphatic heterocycles. The summed E-state index contributed by atoms with van der Waals surface area (Å²) in [7, 11) is 1.37. The Kier molecular flexibility index (Phi) is 6.90. The number of carbonyl (C=O) groups excluding carboxylic acids is 2. The SMILES string of the molecule is C=CCn1c(C)nnc1SCC(=O)Nc1sc2c(c1C(=O)OC)CCCCC2. The zero-order valence-corrected chi connectivity index (χ0v) is 17.8. The lowest BCUT2D eigenvalue weighted by molar-refractivity contribution is -0.113. The number of anilines is 1. The van der Waals surface area contributed by atoms with Crippen molar-refractivity contribution in [3.8, 4) is 0 Å². The van der Waals surface area contributed by atoms with Gasteiger partial charge in [-0.1, -0.05) is 24.3 Å². The van der Waals surface area contributed by atoms with Gasteiger partial charge in [0.25, 0.3) is 0 Å². The van der Waals surface area contributed by atoms with Crippen molar-refractivity contribution in [1.29, 1.82) is 0 Å². The summed E-state index contributed by atoms with van der Waals surface area (Å²) >= 11 is 2.81. The van der Waals surface area contributed by atoms with E-state index in [4.69, 9.17) is 4.74 Å². The first-order valence-electron chi connectivity index (χ1n) is 9.21. The van der Waals surface area contributed by atoms with Crippen LogP contribution in [0.4, 0.5) is 5.00 Å². The van der Waals surface area contributed by atoms with Gasteiger partial charge in [-0.15, -0.1) is 28.1 Å².